The number of hydrogen-bond donors (Lipinski definition) is 0. The van der Waals surface area contributed by atoms with Gasteiger partial charge in [-0.1, -0.05) is 36.4 Å². The van der Waals surface area contributed by atoms with Crippen LogP contribution in [0.3, 0.4) is 0 Å². The van der Waals surface area contributed by atoms with E-state index < -0.39 is 0 Å². The maximum atomic E-state index is 12.3. The summed E-state index contributed by atoms with van der Waals surface area (Å²) in [6.45, 7) is 0. The fourth-order valence-corrected chi connectivity index (χ4v) is 7.39. The number of benzene rings is 2. The number of ether oxygens (including phenoxy) is 2. The second kappa shape index (κ2) is 8.34. The van der Waals surface area contributed by atoms with Crippen molar-refractivity contribution in [3.8, 4) is 0 Å². The molecular weight excluding hydrogens is 408 g/mol. The number of hydrogen-bond acceptors (Lipinski definition) is 5. The lowest BCUT2D eigenvalue weighted by Gasteiger charge is -2.35. The molecule has 3 aliphatic rings. The molecule has 0 atom stereocenters. The molecule has 31 heavy (non-hydrogen) atoms. The third-order valence-corrected chi connectivity index (χ3v) is 9.40. The van der Waals surface area contributed by atoms with Crippen LogP contribution in [-0.2, 0) is 9.47 Å². The van der Waals surface area contributed by atoms with E-state index in [0.717, 1.165) is 51.4 Å². The van der Waals surface area contributed by atoms with Gasteiger partial charge in [-0.25, -0.2) is 9.59 Å². The summed E-state index contributed by atoms with van der Waals surface area (Å²) in [6.07, 6.45) is 8.27. The second-order valence-electron chi connectivity index (χ2n) is 9.03. The lowest BCUT2D eigenvalue weighted by molar-refractivity contribution is 0.0116. The molecule has 2 aromatic carbocycles. The number of esters is 2. The van der Waals surface area contributed by atoms with E-state index >= 15 is 0 Å². The van der Waals surface area contributed by atoms with Gasteiger partial charge < -0.3 is 9.47 Å². The first-order valence-corrected chi connectivity index (χ1v) is 12.1. The van der Waals surface area contributed by atoms with E-state index in [1.807, 2.05) is 36.4 Å². The van der Waals surface area contributed by atoms with E-state index in [9.17, 15) is 9.59 Å². The normalized spacial score (nSPS) is 31.9. The highest BCUT2D eigenvalue weighted by atomic mass is 32.2. The Hall–Kier alpha value is -2.27. The van der Waals surface area contributed by atoms with E-state index in [1.165, 1.54) is 0 Å². The van der Waals surface area contributed by atoms with Crippen molar-refractivity contribution in [3.05, 3.63) is 71.8 Å². The maximum absolute atomic E-state index is 12.3. The highest BCUT2D eigenvalue weighted by molar-refractivity contribution is 8.09. The molecule has 1 heterocycles. The minimum Gasteiger partial charge on any atom is -0.459 e. The Balaban J connectivity index is 1.10. The van der Waals surface area contributed by atoms with Gasteiger partial charge in [0, 0.05) is 9.49 Å². The number of rotatable bonds is 4. The molecule has 5 heteroatoms. The van der Waals surface area contributed by atoms with Crippen molar-refractivity contribution in [1.82, 2.24) is 0 Å². The Morgan fingerprint density at radius 2 is 1.00 bits per heavy atom. The van der Waals surface area contributed by atoms with Crippen molar-refractivity contribution in [2.24, 2.45) is 0 Å². The van der Waals surface area contributed by atoms with Crippen molar-refractivity contribution in [2.45, 2.75) is 73.1 Å². The molecule has 5 rings (SSSR count). The van der Waals surface area contributed by atoms with E-state index in [2.05, 4.69) is 11.8 Å². The van der Waals surface area contributed by atoms with E-state index in [-0.39, 0.29) is 24.1 Å². The van der Waals surface area contributed by atoms with Gasteiger partial charge in [0.25, 0.3) is 0 Å². The van der Waals surface area contributed by atoms with Crippen LogP contribution in [0.2, 0.25) is 0 Å². The average Bonchev–Trinajstić information content (AvgIpc) is 3.42. The molecule has 0 unspecified atom stereocenters. The molecule has 0 radical (unpaired) electrons. The largest absolute Gasteiger partial charge is 0.459 e. The van der Waals surface area contributed by atoms with Gasteiger partial charge in [0.2, 0.25) is 0 Å². The second-order valence-corrected chi connectivity index (χ2v) is 10.8. The van der Waals surface area contributed by atoms with Gasteiger partial charge in [-0.05, 0) is 75.6 Å². The van der Waals surface area contributed by atoms with E-state index in [0.29, 0.717) is 20.6 Å². The van der Waals surface area contributed by atoms with Gasteiger partial charge in [-0.15, -0.1) is 11.8 Å². The first-order valence-electron chi connectivity index (χ1n) is 11.3. The van der Waals surface area contributed by atoms with Crippen LogP contribution in [0.15, 0.2) is 60.7 Å². The molecule has 1 aliphatic heterocycles. The third kappa shape index (κ3) is 4.12. The highest BCUT2D eigenvalue weighted by Crippen LogP contribution is 2.74. The van der Waals surface area contributed by atoms with Gasteiger partial charge in [0.05, 0.1) is 11.1 Å². The molecule has 1 saturated heterocycles. The SMILES string of the molecule is O=C(OC1CCC2(CC1)SC21CCC(OC(=O)c2ccccc2)CC1)c1ccccc1. The molecule has 2 saturated carbocycles. The van der Waals surface area contributed by atoms with Crippen LogP contribution in [0, 0.1) is 0 Å². The van der Waals surface area contributed by atoms with Crippen LogP contribution in [0.4, 0.5) is 0 Å². The number of carbonyl (C=O) groups is 2. The Labute approximate surface area is 187 Å². The quantitative estimate of drug-likeness (QED) is 0.447. The summed E-state index contributed by atoms with van der Waals surface area (Å²) in [7, 11) is 0. The molecule has 162 valence electrons. The molecule has 4 nitrogen and oxygen atoms in total. The Morgan fingerprint density at radius 1 is 0.645 bits per heavy atom. The summed E-state index contributed by atoms with van der Waals surface area (Å²) in [5.74, 6) is -0.416. The molecule has 3 fully saturated rings. The smallest absolute Gasteiger partial charge is 0.338 e. The molecule has 0 aromatic heterocycles. The van der Waals surface area contributed by atoms with Gasteiger partial charge in [-0.2, -0.15) is 0 Å². The highest BCUT2D eigenvalue weighted by Gasteiger charge is 2.68. The van der Waals surface area contributed by atoms with Crippen LogP contribution < -0.4 is 0 Å². The van der Waals surface area contributed by atoms with Crippen molar-refractivity contribution < 1.29 is 19.1 Å². The summed E-state index contributed by atoms with van der Waals surface area (Å²) in [4.78, 5) is 24.7. The Kier molecular flexibility index (Phi) is 5.55. The minimum absolute atomic E-state index is 0.0275. The number of thioether (sulfide) groups is 1. The van der Waals surface area contributed by atoms with Crippen molar-refractivity contribution in [1.29, 1.82) is 0 Å². The van der Waals surface area contributed by atoms with Crippen molar-refractivity contribution >= 4 is 23.7 Å². The minimum atomic E-state index is -0.208. The molecule has 0 N–H and O–H groups in total. The maximum Gasteiger partial charge on any atom is 0.338 e. The monoisotopic (exact) mass is 436 g/mol. The third-order valence-electron chi connectivity index (χ3n) is 7.23. The first kappa shape index (κ1) is 20.6. The van der Waals surface area contributed by atoms with Crippen molar-refractivity contribution in [3.63, 3.8) is 0 Å². The first-order chi connectivity index (χ1) is 15.1. The Bertz CT molecular complexity index is 849. The predicted molar refractivity (Wildman–Crippen MR) is 121 cm³/mol. The molecule has 0 amide bonds. The van der Waals surface area contributed by atoms with Crippen LogP contribution in [0.5, 0.6) is 0 Å². The molecule has 2 aromatic rings. The summed E-state index contributed by atoms with van der Waals surface area (Å²) in [6, 6.07) is 18.5. The fourth-order valence-electron chi connectivity index (χ4n) is 5.40. The van der Waals surface area contributed by atoms with E-state index in [4.69, 9.17) is 9.47 Å². The van der Waals surface area contributed by atoms with Crippen LogP contribution >= 0.6 is 11.8 Å². The van der Waals surface area contributed by atoms with Gasteiger partial charge in [0.15, 0.2) is 0 Å². The summed E-state index contributed by atoms with van der Waals surface area (Å²) in [5.41, 5.74) is 1.26. The van der Waals surface area contributed by atoms with Gasteiger partial charge >= 0.3 is 11.9 Å². The van der Waals surface area contributed by atoms with Crippen LogP contribution in [0.1, 0.15) is 72.1 Å². The zero-order chi connectivity index (χ0) is 21.3. The van der Waals surface area contributed by atoms with Crippen molar-refractivity contribution in [2.75, 3.05) is 0 Å². The standard InChI is InChI=1S/C26H28O4S/c27-23(19-7-3-1-4-8-19)29-21-11-15-25(16-12-21)26(31-25)17-13-22(14-18-26)30-24(28)20-9-5-2-6-10-20/h1-10,21-22H,11-18H2. The zero-order valence-corrected chi connectivity index (χ0v) is 18.4. The van der Waals surface area contributed by atoms with Crippen LogP contribution in [0.25, 0.3) is 0 Å². The number of carbonyl (C=O) groups excluding carboxylic acids is 2. The lowest BCUT2D eigenvalue weighted by Crippen LogP contribution is -2.38. The summed E-state index contributed by atoms with van der Waals surface area (Å²) < 4.78 is 12.2. The van der Waals surface area contributed by atoms with Gasteiger partial charge in [0.1, 0.15) is 12.2 Å². The summed E-state index contributed by atoms with van der Waals surface area (Å²) in [5, 5.41) is 0. The molecule has 0 bridgehead atoms. The average molecular weight is 437 g/mol. The fraction of sp³-hybridized carbons (Fsp3) is 0.462. The van der Waals surface area contributed by atoms with Gasteiger partial charge in [-0.3, -0.25) is 0 Å². The number of fused-ring (bicyclic) bond motifs is 1. The topological polar surface area (TPSA) is 52.6 Å². The van der Waals surface area contributed by atoms with E-state index in [1.54, 1.807) is 24.3 Å². The Morgan fingerprint density at radius 3 is 1.35 bits per heavy atom. The summed E-state index contributed by atoms with van der Waals surface area (Å²) >= 11 is 2.14. The van der Waals surface area contributed by atoms with Crippen LogP contribution in [-0.4, -0.2) is 33.6 Å². The molecule has 2 aliphatic carbocycles. The molecule has 2 spiro atoms. The zero-order valence-electron chi connectivity index (χ0n) is 17.6. The lowest BCUT2D eigenvalue weighted by atomic mass is 9.72. The molecular formula is C26H28O4S. The predicted octanol–water partition coefficient (Wildman–Crippen LogP) is 5.81.